The molecule has 0 aliphatic heterocycles. The molecule has 0 saturated heterocycles. The molecule has 1 saturated carbocycles. The molecule has 0 amide bonds. The van der Waals surface area contributed by atoms with Crippen molar-refractivity contribution in [2.45, 2.75) is 42.7 Å². The van der Waals surface area contributed by atoms with Gasteiger partial charge in [-0.1, -0.05) is 15.9 Å². The van der Waals surface area contributed by atoms with E-state index in [0.717, 1.165) is 4.47 Å². The van der Waals surface area contributed by atoms with Gasteiger partial charge in [-0.15, -0.1) is 0 Å². The highest BCUT2D eigenvalue weighted by Crippen LogP contribution is 2.27. The van der Waals surface area contributed by atoms with E-state index in [0.29, 0.717) is 30.6 Å². The Balaban J connectivity index is 2.17. The highest BCUT2D eigenvalue weighted by Gasteiger charge is 2.30. The second-order valence-corrected chi connectivity index (χ2v) is 7.85. The standard InChI is InChI=1S/C13H18BrNO3S/c1-15(11-4-6-12(16)7-5-11)19(17,18)13-8-2-10(14)3-9-13/h2-3,8-9,11-12,16H,4-7H2,1H3/t11-,12-. The van der Waals surface area contributed by atoms with Crippen molar-refractivity contribution in [1.29, 1.82) is 0 Å². The summed E-state index contributed by atoms with van der Waals surface area (Å²) >= 11 is 3.30. The van der Waals surface area contributed by atoms with E-state index < -0.39 is 10.0 Å². The van der Waals surface area contributed by atoms with E-state index in [1.54, 1.807) is 31.3 Å². The van der Waals surface area contributed by atoms with E-state index in [9.17, 15) is 13.5 Å². The van der Waals surface area contributed by atoms with Crippen molar-refractivity contribution in [2.75, 3.05) is 7.05 Å². The minimum atomic E-state index is -3.44. The molecule has 1 aromatic carbocycles. The fourth-order valence-corrected chi connectivity index (χ4v) is 4.07. The Hall–Kier alpha value is -0.430. The third-order valence-corrected chi connectivity index (χ3v) is 6.12. The van der Waals surface area contributed by atoms with Crippen LogP contribution in [0.25, 0.3) is 0 Å². The van der Waals surface area contributed by atoms with Crippen molar-refractivity contribution < 1.29 is 13.5 Å². The second-order valence-electron chi connectivity index (χ2n) is 4.94. The van der Waals surface area contributed by atoms with Crippen LogP contribution in [0.1, 0.15) is 25.7 Å². The molecule has 0 atom stereocenters. The Kier molecular flexibility index (Phi) is 4.66. The van der Waals surface area contributed by atoms with Crippen LogP contribution in [0.15, 0.2) is 33.6 Å². The van der Waals surface area contributed by atoms with Gasteiger partial charge < -0.3 is 5.11 Å². The van der Waals surface area contributed by atoms with Gasteiger partial charge in [-0.05, 0) is 49.9 Å². The summed E-state index contributed by atoms with van der Waals surface area (Å²) in [4.78, 5) is 0.310. The van der Waals surface area contributed by atoms with Crippen LogP contribution < -0.4 is 0 Å². The van der Waals surface area contributed by atoms with Gasteiger partial charge in [0.15, 0.2) is 0 Å². The van der Waals surface area contributed by atoms with Crippen LogP contribution in [0.3, 0.4) is 0 Å². The summed E-state index contributed by atoms with van der Waals surface area (Å²) in [5.41, 5.74) is 0. The Morgan fingerprint density at radius 3 is 2.21 bits per heavy atom. The maximum atomic E-state index is 12.5. The van der Waals surface area contributed by atoms with Crippen LogP contribution in [-0.2, 0) is 10.0 Å². The minimum Gasteiger partial charge on any atom is -0.393 e. The molecule has 2 rings (SSSR count). The smallest absolute Gasteiger partial charge is 0.243 e. The number of rotatable bonds is 3. The summed E-state index contributed by atoms with van der Waals surface area (Å²) in [6.45, 7) is 0. The molecule has 0 unspecified atom stereocenters. The van der Waals surface area contributed by atoms with E-state index in [2.05, 4.69) is 15.9 Å². The van der Waals surface area contributed by atoms with Crippen molar-refractivity contribution in [3.05, 3.63) is 28.7 Å². The lowest BCUT2D eigenvalue weighted by Crippen LogP contribution is -2.40. The summed E-state index contributed by atoms with van der Waals surface area (Å²) in [5, 5.41) is 9.49. The Bertz CT molecular complexity index is 521. The SMILES string of the molecule is CN([C@H]1CC[C@H](O)CC1)S(=O)(=O)c1ccc(Br)cc1. The molecule has 19 heavy (non-hydrogen) atoms. The van der Waals surface area contributed by atoms with Crippen LogP contribution >= 0.6 is 15.9 Å². The fraction of sp³-hybridized carbons (Fsp3) is 0.538. The molecule has 1 fully saturated rings. The van der Waals surface area contributed by atoms with Gasteiger partial charge in [0, 0.05) is 17.6 Å². The summed E-state index contributed by atoms with van der Waals surface area (Å²) in [6, 6.07) is 6.65. The zero-order chi connectivity index (χ0) is 14.0. The number of sulfonamides is 1. The summed E-state index contributed by atoms with van der Waals surface area (Å²) in [6.07, 6.45) is 2.50. The topological polar surface area (TPSA) is 57.6 Å². The van der Waals surface area contributed by atoms with Gasteiger partial charge in [-0.2, -0.15) is 4.31 Å². The average Bonchev–Trinajstić information content (AvgIpc) is 2.39. The van der Waals surface area contributed by atoms with Gasteiger partial charge in [0.1, 0.15) is 0 Å². The molecule has 0 aromatic heterocycles. The monoisotopic (exact) mass is 347 g/mol. The molecule has 0 spiro atoms. The average molecular weight is 348 g/mol. The van der Waals surface area contributed by atoms with Crippen LogP contribution in [0.2, 0.25) is 0 Å². The second kappa shape index (κ2) is 5.91. The van der Waals surface area contributed by atoms with E-state index in [4.69, 9.17) is 0 Å². The Morgan fingerprint density at radius 1 is 1.16 bits per heavy atom. The molecular formula is C13H18BrNO3S. The van der Waals surface area contributed by atoms with Crippen LogP contribution in [0, 0.1) is 0 Å². The van der Waals surface area contributed by atoms with Gasteiger partial charge in [-0.3, -0.25) is 0 Å². The van der Waals surface area contributed by atoms with Gasteiger partial charge in [-0.25, -0.2) is 8.42 Å². The molecule has 1 N–H and O–H groups in total. The lowest BCUT2D eigenvalue weighted by molar-refractivity contribution is 0.104. The predicted octanol–water partition coefficient (Wildman–Crippen LogP) is 2.37. The largest absolute Gasteiger partial charge is 0.393 e. The van der Waals surface area contributed by atoms with Crippen molar-refractivity contribution in [3.8, 4) is 0 Å². The quantitative estimate of drug-likeness (QED) is 0.913. The van der Waals surface area contributed by atoms with Crippen LogP contribution in [-0.4, -0.2) is 37.0 Å². The molecule has 1 aliphatic carbocycles. The highest BCUT2D eigenvalue weighted by atomic mass is 79.9. The van der Waals surface area contributed by atoms with Crippen molar-refractivity contribution in [1.82, 2.24) is 4.31 Å². The van der Waals surface area contributed by atoms with Gasteiger partial charge in [0.25, 0.3) is 0 Å². The molecule has 1 aromatic rings. The normalized spacial score (nSPS) is 24.6. The summed E-state index contributed by atoms with van der Waals surface area (Å²) in [7, 11) is -1.82. The summed E-state index contributed by atoms with van der Waals surface area (Å²) in [5.74, 6) is 0. The molecule has 0 bridgehead atoms. The zero-order valence-corrected chi connectivity index (χ0v) is 13.2. The Labute approximate surface area is 122 Å². The fourth-order valence-electron chi connectivity index (χ4n) is 2.39. The van der Waals surface area contributed by atoms with Crippen molar-refractivity contribution >= 4 is 26.0 Å². The number of aliphatic hydroxyl groups is 1. The number of hydrogen-bond acceptors (Lipinski definition) is 3. The maximum absolute atomic E-state index is 12.5. The third kappa shape index (κ3) is 3.37. The predicted molar refractivity (Wildman–Crippen MR) is 77.4 cm³/mol. The van der Waals surface area contributed by atoms with E-state index in [1.807, 2.05) is 0 Å². The lowest BCUT2D eigenvalue weighted by atomic mass is 9.93. The minimum absolute atomic E-state index is 0.0166. The first kappa shape index (κ1) is 15.0. The van der Waals surface area contributed by atoms with Crippen molar-refractivity contribution in [3.63, 3.8) is 0 Å². The molecule has 1 aliphatic rings. The van der Waals surface area contributed by atoms with E-state index in [1.165, 1.54) is 4.31 Å². The molecule has 4 nitrogen and oxygen atoms in total. The molecule has 0 radical (unpaired) electrons. The van der Waals surface area contributed by atoms with Crippen LogP contribution in [0.5, 0.6) is 0 Å². The lowest BCUT2D eigenvalue weighted by Gasteiger charge is -2.32. The maximum Gasteiger partial charge on any atom is 0.243 e. The number of hydrogen-bond donors (Lipinski definition) is 1. The van der Waals surface area contributed by atoms with Gasteiger partial charge >= 0.3 is 0 Å². The molecule has 6 heteroatoms. The first-order valence-corrected chi connectivity index (χ1v) is 8.56. The Morgan fingerprint density at radius 2 is 1.68 bits per heavy atom. The first-order valence-electron chi connectivity index (χ1n) is 6.33. The third-order valence-electron chi connectivity index (χ3n) is 3.67. The van der Waals surface area contributed by atoms with Gasteiger partial charge in [0.05, 0.1) is 11.0 Å². The van der Waals surface area contributed by atoms with Crippen LogP contribution in [0.4, 0.5) is 0 Å². The number of aliphatic hydroxyl groups excluding tert-OH is 1. The highest BCUT2D eigenvalue weighted by molar-refractivity contribution is 9.10. The van der Waals surface area contributed by atoms with E-state index in [-0.39, 0.29) is 12.1 Å². The summed E-state index contributed by atoms with van der Waals surface area (Å²) < 4.78 is 27.2. The van der Waals surface area contributed by atoms with Crippen molar-refractivity contribution in [2.24, 2.45) is 0 Å². The number of benzene rings is 1. The molecule has 0 heterocycles. The first-order chi connectivity index (χ1) is 8.91. The number of nitrogens with zero attached hydrogens (tertiary/aromatic N) is 1. The molecular weight excluding hydrogens is 330 g/mol. The van der Waals surface area contributed by atoms with E-state index >= 15 is 0 Å². The molecule has 106 valence electrons. The van der Waals surface area contributed by atoms with Gasteiger partial charge in [0.2, 0.25) is 10.0 Å². The number of halogens is 1. The zero-order valence-electron chi connectivity index (χ0n) is 10.8.